The van der Waals surface area contributed by atoms with E-state index >= 15 is 0 Å². The van der Waals surface area contributed by atoms with Gasteiger partial charge in [0.05, 0.1) is 35.8 Å². The number of likely N-dealkylation sites (tertiary alicyclic amines) is 1. The topological polar surface area (TPSA) is 90.4 Å². The minimum absolute atomic E-state index is 0.0893. The smallest absolute Gasteiger partial charge is 0.247 e. The maximum absolute atomic E-state index is 14.5. The number of nitrogens with zero attached hydrogens (tertiary/aromatic N) is 3. The Hall–Kier alpha value is -2.78. The molecule has 1 unspecified atom stereocenters. The predicted octanol–water partition coefficient (Wildman–Crippen LogP) is 3.65. The minimum Gasteiger partial charge on any atom is -0.494 e. The van der Waals surface area contributed by atoms with Gasteiger partial charge in [0.1, 0.15) is 11.8 Å². The van der Waals surface area contributed by atoms with Crippen molar-refractivity contribution in [2.45, 2.75) is 68.5 Å². The molecule has 8 nitrogen and oxygen atoms in total. The number of ether oxygens (including phenoxy) is 1. The van der Waals surface area contributed by atoms with Crippen molar-refractivity contribution in [3.8, 4) is 5.75 Å². The molecule has 40 heavy (non-hydrogen) atoms. The average Bonchev–Trinajstić information content (AvgIpc) is 3.22. The summed E-state index contributed by atoms with van der Waals surface area (Å²) in [4.78, 5) is 48.5. The highest BCUT2D eigenvalue weighted by Crippen LogP contribution is 2.66. The van der Waals surface area contributed by atoms with Crippen LogP contribution in [0.5, 0.6) is 5.75 Å². The standard InChI is InChI=1S/C31H41N3O5S/c1-5-8-17-32-18-10-16-31-25(28(37)34(21(6-2)20-35)26(31)29(32)38)24-27(36)33(19-9-15-30(24,4)40-31)22-11-13-23(14-12-22)39-7-3/h9-16,21,24-26,35H,5-8,17-20H2,1-4H3/t21-,24+,25-,26?,30-,31-/m0/s1. The molecule has 6 atom stereocenters. The van der Waals surface area contributed by atoms with E-state index in [-0.39, 0.29) is 24.3 Å². The average molecular weight is 568 g/mol. The third-order valence-corrected chi connectivity index (χ3v) is 10.7. The summed E-state index contributed by atoms with van der Waals surface area (Å²) in [7, 11) is 0. The lowest BCUT2D eigenvalue weighted by Gasteiger charge is -2.39. The Morgan fingerprint density at radius 1 is 1.00 bits per heavy atom. The van der Waals surface area contributed by atoms with Crippen molar-refractivity contribution in [2.75, 3.05) is 37.7 Å². The molecule has 0 bridgehead atoms. The fraction of sp³-hybridized carbons (Fsp3) is 0.581. The molecule has 0 aliphatic carbocycles. The third-order valence-electron chi connectivity index (χ3n) is 8.89. The number of amides is 3. The molecule has 1 spiro atoms. The van der Waals surface area contributed by atoms with Gasteiger partial charge in [-0.2, -0.15) is 0 Å². The highest BCUT2D eigenvalue weighted by molar-refractivity contribution is 8.02. The Bertz CT molecular complexity index is 1200. The second kappa shape index (κ2) is 11.2. The van der Waals surface area contributed by atoms with E-state index < -0.39 is 33.4 Å². The van der Waals surface area contributed by atoms with E-state index in [1.807, 2.05) is 68.2 Å². The van der Waals surface area contributed by atoms with Crippen LogP contribution >= 0.6 is 11.8 Å². The van der Waals surface area contributed by atoms with Gasteiger partial charge in [-0.1, -0.05) is 44.6 Å². The van der Waals surface area contributed by atoms with E-state index in [1.165, 1.54) is 0 Å². The Morgan fingerprint density at radius 3 is 2.38 bits per heavy atom. The number of fused-ring (bicyclic) bond motifs is 2. The van der Waals surface area contributed by atoms with Crippen molar-refractivity contribution in [2.24, 2.45) is 11.8 Å². The van der Waals surface area contributed by atoms with E-state index in [4.69, 9.17) is 4.74 Å². The van der Waals surface area contributed by atoms with Crippen molar-refractivity contribution in [3.63, 3.8) is 0 Å². The zero-order valence-electron chi connectivity index (χ0n) is 23.9. The Balaban J connectivity index is 1.59. The quantitative estimate of drug-likeness (QED) is 0.459. The summed E-state index contributed by atoms with van der Waals surface area (Å²) >= 11 is 1.58. The first-order valence-electron chi connectivity index (χ1n) is 14.6. The van der Waals surface area contributed by atoms with Gasteiger partial charge in [-0.15, -0.1) is 11.8 Å². The SMILES string of the molecule is CCCCN1CC=C[C@]23S[C@@]4(C)C=CCN(c5ccc(OCC)cc5)C(=O)[C@H]4[C@H]2C(=O)N([C@@H](CC)CO)C3C1=O. The number of hydrogen-bond acceptors (Lipinski definition) is 6. The molecule has 0 radical (unpaired) electrons. The number of carbonyl (C=O) groups excluding carboxylic acids is 3. The molecule has 1 N–H and O–H groups in total. The molecule has 4 aliphatic heterocycles. The van der Waals surface area contributed by atoms with Crippen LogP contribution in [-0.2, 0) is 14.4 Å². The van der Waals surface area contributed by atoms with Gasteiger partial charge in [0, 0.05) is 30.1 Å². The molecule has 9 heteroatoms. The van der Waals surface area contributed by atoms with Crippen molar-refractivity contribution in [1.82, 2.24) is 9.80 Å². The predicted molar refractivity (Wildman–Crippen MR) is 157 cm³/mol. The number of carbonyl (C=O) groups is 3. The van der Waals surface area contributed by atoms with E-state index in [9.17, 15) is 19.5 Å². The van der Waals surface area contributed by atoms with Crippen molar-refractivity contribution in [3.05, 3.63) is 48.6 Å². The fourth-order valence-corrected chi connectivity index (χ4v) is 9.13. The number of rotatable bonds is 9. The monoisotopic (exact) mass is 567 g/mol. The zero-order valence-corrected chi connectivity index (χ0v) is 24.7. The van der Waals surface area contributed by atoms with E-state index in [1.54, 1.807) is 21.6 Å². The molecule has 0 aromatic heterocycles. The van der Waals surface area contributed by atoms with Crippen LogP contribution in [0.2, 0.25) is 0 Å². The number of hydrogen-bond donors (Lipinski definition) is 1. The second-order valence-corrected chi connectivity index (χ2v) is 13.1. The molecular formula is C31H41N3O5S. The number of aliphatic hydroxyl groups is 1. The molecule has 1 aromatic rings. The van der Waals surface area contributed by atoms with Crippen molar-refractivity contribution < 1.29 is 24.2 Å². The Labute approximate surface area is 241 Å². The summed E-state index contributed by atoms with van der Waals surface area (Å²) < 4.78 is 4.01. The van der Waals surface area contributed by atoms with Crippen molar-refractivity contribution >= 4 is 35.2 Å². The maximum atomic E-state index is 14.5. The number of benzene rings is 1. The lowest BCUT2D eigenvalue weighted by Crippen LogP contribution is -2.56. The van der Waals surface area contributed by atoms with Gasteiger partial charge >= 0.3 is 0 Å². The maximum Gasteiger partial charge on any atom is 0.247 e. The molecule has 2 saturated heterocycles. The van der Waals surface area contributed by atoms with Crippen LogP contribution in [0.3, 0.4) is 0 Å². The lowest BCUT2D eigenvalue weighted by atomic mass is 9.74. The number of anilines is 1. The van der Waals surface area contributed by atoms with Crippen molar-refractivity contribution in [1.29, 1.82) is 0 Å². The highest BCUT2D eigenvalue weighted by atomic mass is 32.2. The summed E-state index contributed by atoms with van der Waals surface area (Å²) in [6, 6.07) is 6.20. The zero-order chi connectivity index (χ0) is 28.7. The lowest BCUT2D eigenvalue weighted by molar-refractivity contribution is -0.145. The number of aliphatic hydroxyl groups excluding tert-OH is 1. The molecule has 3 amide bonds. The van der Waals surface area contributed by atoms with E-state index in [2.05, 4.69) is 13.0 Å². The summed E-state index contributed by atoms with van der Waals surface area (Å²) in [5.74, 6) is -1.08. The summed E-state index contributed by atoms with van der Waals surface area (Å²) in [5.41, 5.74) is 0.743. The molecule has 2 fully saturated rings. The van der Waals surface area contributed by atoms with Crippen LogP contribution in [0.1, 0.15) is 47.0 Å². The van der Waals surface area contributed by atoms with Gasteiger partial charge in [0.2, 0.25) is 17.7 Å². The fourth-order valence-electron chi connectivity index (χ4n) is 6.99. The van der Waals surface area contributed by atoms with Crippen LogP contribution in [0, 0.1) is 11.8 Å². The molecule has 1 aromatic carbocycles. The number of thioether (sulfide) groups is 1. The van der Waals surface area contributed by atoms with Gasteiger partial charge in [-0.3, -0.25) is 14.4 Å². The van der Waals surface area contributed by atoms with Gasteiger partial charge in [0.25, 0.3) is 0 Å². The van der Waals surface area contributed by atoms with Crippen LogP contribution in [-0.4, -0.2) is 87.1 Å². The Kier molecular flexibility index (Phi) is 8.08. The second-order valence-electron chi connectivity index (χ2n) is 11.3. The first kappa shape index (κ1) is 28.7. The van der Waals surface area contributed by atoms with Gasteiger partial charge < -0.3 is 24.5 Å². The number of unbranched alkanes of at least 4 members (excludes halogenated alkanes) is 1. The summed E-state index contributed by atoms with van der Waals surface area (Å²) in [6.45, 7) is 9.79. The summed E-state index contributed by atoms with van der Waals surface area (Å²) in [5, 5.41) is 10.3. The molecule has 5 rings (SSSR count). The van der Waals surface area contributed by atoms with Crippen LogP contribution in [0.4, 0.5) is 5.69 Å². The van der Waals surface area contributed by atoms with E-state index in [0.717, 1.165) is 24.3 Å². The molecular weight excluding hydrogens is 526 g/mol. The van der Waals surface area contributed by atoms with Crippen LogP contribution in [0.25, 0.3) is 0 Å². The van der Waals surface area contributed by atoms with E-state index in [0.29, 0.717) is 32.7 Å². The van der Waals surface area contributed by atoms with Crippen LogP contribution in [0.15, 0.2) is 48.6 Å². The largest absolute Gasteiger partial charge is 0.494 e. The first-order chi connectivity index (χ1) is 19.3. The van der Waals surface area contributed by atoms with Crippen LogP contribution < -0.4 is 9.64 Å². The van der Waals surface area contributed by atoms with Gasteiger partial charge in [0.15, 0.2) is 0 Å². The third kappa shape index (κ3) is 4.45. The molecule has 4 aliphatic rings. The summed E-state index contributed by atoms with van der Waals surface area (Å²) in [6.07, 6.45) is 10.5. The molecule has 216 valence electrons. The molecule has 0 saturated carbocycles. The minimum atomic E-state index is -0.904. The van der Waals surface area contributed by atoms with Gasteiger partial charge in [-0.05, 0) is 51.0 Å². The van der Waals surface area contributed by atoms with Gasteiger partial charge in [-0.25, -0.2) is 0 Å². The Morgan fingerprint density at radius 2 is 1.73 bits per heavy atom. The first-order valence-corrected chi connectivity index (χ1v) is 15.4. The normalized spacial score (nSPS) is 32.1. The molecule has 4 heterocycles. The highest BCUT2D eigenvalue weighted by Gasteiger charge is 2.74.